The Morgan fingerprint density at radius 1 is 1.14 bits per heavy atom. The predicted octanol–water partition coefficient (Wildman–Crippen LogP) is 4.88. The smallest absolute Gasteiger partial charge is 0.385 e. The molecule has 1 aliphatic rings. The van der Waals surface area contributed by atoms with Crippen LogP contribution in [-0.4, -0.2) is 53.2 Å². The maximum Gasteiger partial charge on any atom is 0.416 e. The number of halogens is 4. The van der Waals surface area contributed by atoms with E-state index < -0.39 is 23.5 Å². The molecule has 0 N–H and O–H groups in total. The number of aromatic nitrogens is 2. The highest BCUT2D eigenvalue weighted by Crippen LogP contribution is 2.31. The standard InChI is InChI=1S/C25H25F4N3O3/c1-15-18(23(33)4-3-9-35-2)7-8-22-20(15)14-32(30-22)13-16-11-31(12-16)24(34)19-6-5-17(10-21(19)26)25(27,28)29/h5-8,10,14,16H,3-4,9,11-13H2,1-2H3. The van der Waals surface area contributed by atoms with Gasteiger partial charge in [0.25, 0.3) is 5.91 Å². The molecule has 2 heterocycles. The van der Waals surface area contributed by atoms with Crippen LogP contribution in [0, 0.1) is 18.7 Å². The van der Waals surface area contributed by atoms with Gasteiger partial charge in [0, 0.05) is 62.8 Å². The largest absolute Gasteiger partial charge is 0.416 e. The van der Waals surface area contributed by atoms with Gasteiger partial charge in [-0.1, -0.05) is 0 Å². The summed E-state index contributed by atoms with van der Waals surface area (Å²) in [6.07, 6.45) is -1.75. The number of Topliss-reactive ketones (excluding diaryl/α,β-unsaturated/α-hetero) is 1. The lowest BCUT2D eigenvalue weighted by Gasteiger charge is -2.39. The molecule has 6 nitrogen and oxygen atoms in total. The quantitative estimate of drug-likeness (QED) is 0.256. The number of rotatable bonds is 8. The molecule has 0 saturated carbocycles. The Morgan fingerprint density at radius 2 is 1.86 bits per heavy atom. The lowest BCUT2D eigenvalue weighted by molar-refractivity contribution is -0.137. The first-order valence-electron chi connectivity index (χ1n) is 11.2. The van der Waals surface area contributed by atoms with E-state index in [2.05, 4.69) is 5.10 Å². The number of ether oxygens (including phenoxy) is 1. The van der Waals surface area contributed by atoms with Crippen LogP contribution in [0.15, 0.2) is 36.5 Å². The van der Waals surface area contributed by atoms with Crippen LogP contribution in [-0.2, 0) is 17.5 Å². The van der Waals surface area contributed by atoms with Crippen molar-refractivity contribution in [1.82, 2.24) is 14.7 Å². The number of ketones is 1. The maximum atomic E-state index is 14.1. The monoisotopic (exact) mass is 491 g/mol. The summed E-state index contributed by atoms with van der Waals surface area (Å²) in [6.45, 7) is 3.62. The van der Waals surface area contributed by atoms with Crippen LogP contribution < -0.4 is 0 Å². The van der Waals surface area contributed by atoms with Gasteiger partial charge in [-0.2, -0.15) is 18.3 Å². The predicted molar refractivity (Wildman–Crippen MR) is 121 cm³/mol. The molecule has 0 atom stereocenters. The van der Waals surface area contributed by atoms with E-state index in [0.717, 1.165) is 22.5 Å². The summed E-state index contributed by atoms with van der Waals surface area (Å²) >= 11 is 0. The van der Waals surface area contributed by atoms with Crippen LogP contribution in [0.3, 0.4) is 0 Å². The number of hydrogen-bond donors (Lipinski definition) is 0. The SMILES string of the molecule is COCCCC(=O)c1ccc2nn(CC3CN(C(=O)c4ccc(C(F)(F)F)cc4F)C3)cc2c1C. The third-order valence-electron chi connectivity index (χ3n) is 6.28. The molecule has 186 valence electrons. The summed E-state index contributed by atoms with van der Waals surface area (Å²) in [5, 5.41) is 5.44. The van der Waals surface area contributed by atoms with Crippen molar-refractivity contribution in [2.75, 3.05) is 26.8 Å². The van der Waals surface area contributed by atoms with E-state index in [-0.39, 0.29) is 17.3 Å². The molecule has 0 radical (unpaired) electrons. The van der Waals surface area contributed by atoms with Gasteiger partial charge in [0.1, 0.15) is 5.82 Å². The van der Waals surface area contributed by atoms with Crippen molar-refractivity contribution in [1.29, 1.82) is 0 Å². The molecule has 10 heteroatoms. The first kappa shape index (κ1) is 24.8. The van der Waals surface area contributed by atoms with E-state index in [1.54, 1.807) is 17.9 Å². The Kier molecular flexibility index (Phi) is 6.93. The number of carbonyl (C=O) groups is 2. The molecule has 0 unspecified atom stereocenters. The highest BCUT2D eigenvalue weighted by atomic mass is 19.4. The number of nitrogens with zero attached hydrogens (tertiary/aromatic N) is 3. The zero-order valence-corrected chi connectivity index (χ0v) is 19.4. The molecule has 1 amide bonds. The van der Waals surface area contributed by atoms with Crippen LogP contribution in [0.5, 0.6) is 0 Å². The minimum absolute atomic E-state index is 0.0536. The Bertz CT molecular complexity index is 1260. The molecule has 1 saturated heterocycles. The first-order valence-corrected chi connectivity index (χ1v) is 11.2. The molecule has 1 fully saturated rings. The van der Waals surface area contributed by atoms with E-state index in [1.807, 2.05) is 19.2 Å². The third kappa shape index (κ3) is 5.22. The average Bonchev–Trinajstić information content (AvgIpc) is 3.19. The van der Waals surface area contributed by atoms with Gasteiger partial charge in [0.2, 0.25) is 0 Å². The van der Waals surface area contributed by atoms with Crippen molar-refractivity contribution in [3.05, 3.63) is 64.6 Å². The first-order chi connectivity index (χ1) is 16.6. The Morgan fingerprint density at radius 3 is 2.51 bits per heavy atom. The number of amides is 1. The number of hydrogen-bond acceptors (Lipinski definition) is 4. The fraction of sp³-hybridized carbons (Fsp3) is 0.400. The highest BCUT2D eigenvalue weighted by molar-refractivity contribution is 6.01. The van der Waals surface area contributed by atoms with Gasteiger partial charge in [-0.05, 0) is 49.2 Å². The molecule has 3 aromatic rings. The normalized spacial score (nSPS) is 14.4. The number of methoxy groups -OCH3 is 1. The molecule has 0 spiro atoms. The second-order valence-electron chi connectivity index (χ2n) is 8.81. The molecule has 4 rings (SSSR count). The van der Waals surface area contributed by atoms with E-state index in [4.69, 9.17) is 4.74 Å². The van der Waals surface area contributed by atoms with Crippen molar-refractivity contribution in [2.45, 2.75) is 32.5 Å². The number of fused-ring (bicyclic) bond motifs is 1. The Labute approximate surface area is 199 Å². The van der Waals surface area contributed by atoms with Gasteiger partial charge in [0.05, 0.1) is 16.6 Å². The molecule has 0 bridgehead atoms. The third-order valence-corrected chi connectivity index (χ3v) is 6.28. The van der Waals surface area contributed by atoms with E-state index >= 15 is 0 Å². The van der Waals surface area contributed by atoms with Gasteiger partial charge < -0.3 is 9.64 Å². The van der Waals surface area contributed by atoms with Gasteiger partial charge in [-0.25, -0.2) is 4.39 Å². The van der Waals surface area contributed by atoms with Crippen molar-refractivity contribution >= 4 is 22.6 Å². The zero-order valence-electron chi connectivity index (χ0n) is 19.4. The molecule has 0 aliphatic carbocycles. The minimum atomic E-state index is -4.67. The van der Waals surface area contributed by atoms with Crippen molar-refractivity contribution < 1.29 is 31.9 Å². The average molecular weight is 491 g/mol. The minimum Gasteiger partial charge on any atom is -0.385 e. The number of aryl methyl sites for hydroxylation is 1. The van der Waals surface area contributed by atoms with Crippen LogP contribution in [0.1, 0.15) is 44.7 Å². The van der Waals surface area contributed by atoms with Gasteiger partial charge in [0.15, 0.2) is 5.78 Å². The van der Waals surface area contributed by atoms with E-state index in [0.29, 0.717) is 56.8 Å². The second kappa shape index (κ2) is 9.77. The highest BCUT2D eigenvalue weighted by Gasteiger charge is 2.35. The molecule has 1 aromatic heterocycles. The van der Waals surface area contributed by atoms with Gasteiger partial charge in [-0.3, -0.25) is 14.3 Å². The lowest BCUT2D eigenvalue weighted by atomic mass is 9.98. The summed E-state index contributed by atoms with van der Waals surface area (Å²) in [4.78, 5) is 26.5. The number of benzene rings is 2. The van der Waals surface area contributed by atoms with Gasteiger partial charge >= 0.3 is 6.18 Å². The fourth-order valence-electron chi connectivity index (χ4n) is 4.34. The number of carbonyl (C=O) groups excluding carboxylic acids is 2. The van der Waals surface area contributed by atoms with Crippen molar-refractivity contribution in [3.63, 3.8) is 0 Å². The maximum absolute atomic E-state index is 14.1. The second-order valence-corrected chi connectivity index (χ2v) is 8.81. The van der Waals surface area contributed by atoms with E-state index in [1.165, 1.54) is 4.90 Å². The van der Waals surface area contributed by atoms with E-state index in [9.17, 15) is 27.2 Å². The summed E-state index contributed by atoms with van der Waals surface area (Å²) < 4.78 is 59.1. The zero-order chi connectivity index (χ0) is 25.3. The molecule has 35 heavy (non-hydrogen) atoms. The summed E-state index contributed by atoms with van der Waals surface area (Å²) in [5.74, 6) is -1.70. The van der Waals surface area contributed by atoms with Crippen LogP contribution in [0.25, 0.3) is 10.9 Å². The number of alkyl halides is 3. The van der Waals surface area contributed by atoms with Crippen LogP contribution in [0.4, 0.5) is 17.6 Å². The van der Waals surface area contributed by atoms with Crippen molar-refractivity contribution in [2.24, 2.45) is 5.92 Å². The summed E-state index contributed by atoms with van der Waals surface area (Å²) in [7, 11) is 1.60. The summed E-state index contributed by atoms with van der Waals surface area (Å²) in [5.41, 5.74) is 0.773. The molecular formula is C25H25F4N3O3. The molecule has 1 aliphatic heterocycles. The van der Waals surface area contributed by atoms with Gasteiger partial charge in [-0.15, -0.1) is 0 Å². The molecular weight excluding hydrogens is 466 g/mol. The topological polar surface area (TPSA) is 64.4 Å². The number of likely N-dealkylation sites (tertiary alicyclic amines) is 1. The Hall–Kier alpha value is -3.27. The van der Waals surface area contributed by atoms with Crippen LogP contribution in [0.2, 0.25) is 0 Å². The summed E-state index contributed by atoms with van der Waals surface area (Å²) in [6, 6.07) is 5.53. The Balaban J connectivity index is 1.39. The van der Waals surface area contributed by atoms with Crippen LogP contribution >= 0.6 is 0 Å². The van der Waals surface area contributed by atoms with Crippen molar-refractivity contribution in [3.8, 4) is 0 Å². The fourth-order valence-corrected chi connectivity index (χ4v) is 4.34. The lowest BCUT2D eigenvalue weighted by Crippen LogP contribution is -2.51. The molecule has 2 aromatic carbocycles.